The van der Waals surface area contributed by atoms with Gasteiger partial charge in [-0.05, 0) is 68.8 Å². The van der Waals surface area contributed by atoms with E-state index in [1.165, 1.54) is 24.1 Å². The number of halogens is 1. The van der Waals surface area contributed by atoms with Crippen LogP contribution >= 0.6 is 11.6 Å². The average molecular weight is 558 g/mol. The molecule has 0 bridgehead atoms. The van der Waals surface area contributed by atoms with Gasteiger partial charge in [-0.3, -0.25) is 13.9 Å². The highest BCUT2D eigenvalue weighted by molar-refractivity contribution is 7.92. The molecule has 3 aromatic carbocycles. The highest BCUT2D eigenvalue weighted by atomic mass is 35.5. The van der Waals surface area contributed by atoms with Gasteiger partial charge < -0.3 is 15.0 Å². The molecule has 3 rings (SSSR count). The summed E-state index contributed by atoms with van der Waals surface area (Å²) in [6, 6.07) is 19.0. The second-order valence-corrected chi connectivity index (χ2v) is 10.9. The molecule has 8 nitrogen and oxygen atoms in total. The van der Waals surface area contributed by atoms with Crippen LogP contribution < -0.4 is 14.4 Å². The van der Waals surface area contributed by atoms with E-state index in [1.54, 1.807) is 67.6 Å². The maximum absolute atomic E-state index is 13.8. The standard InChI is InChI=1S/C28H32ClN3O5S/c1-5-37-24-14-16-25(17-15-24)38(35,36)32(23-12-10-20(2)11-13-23)19-27(33)31(21(3)28(34)30-4)18-22-8-6-7-9-26(22)29/h6-17,21H,5,18-19H2,1-4H3,(H,30,34). The van der Waals surface area contributed by atoms with Gasteiger partial charge in [0.05, 0.1) is 17.2 Å². The summed E-state index contributed by atoms with van der Waals surface area (Å²) < 4.78 is 34.2. The predicted octanol–water partition coefficient (Wildman–Crippen LogP) is 4.41. The second kappa shape index (κ2) is 12.8. The molecule has 1 N–H and O–H groups in total. The third-order valence-electron chi connectivity index (χ3n) is 6.04. The number of amides is 2. The third kappa shape index (κ3) is 6.85. The Balaban J connectivity index is 2.02. The average Bonchev–Trinajstić information content (AvgIpc) is 2.91. The molecular formula is C28H32ClN3O5S. The van der Waals surface area contributed by atoms with Gasteiger partial charge in [-0.25, -0.2) is 8.42 Å². The summed E-state index contributed by atoms with van der Waals surface area (Å²) in [6.07, 6.45) is 0. The fraction of sp³-hybridized carbons (Fsp3) is 0.286. The van der Waals surface area contributed by atoms with Crippen LogP contribution in [-0.4, -0.2) is 51.4 Å². The van der Waals surface area contributed by atoms with E-state index in [2.05, 4.69) is 5.32 Å². The molecule has 0 spiro atoms. The molecule has 0 saturated carbocycles. The first kappa shape index (κ1) is 29.0. The van der Waals surface area contributed by atoms with Gasteiger partial charge >= 0.3 is 0 Å². The summed E-state index contributed by atoms with van der Waals surface area (Å²) in [5.41, 5.74) is 1.89. The molecule has 38 heavy (non-hydrogen) atoms. The third-order valence-corrected chi connectivity index (χ3v) is 8.19. The number of nitrogens with zero attached hydrogens (tertiary/aromatic N) is 2. The molecule has 1 unspecified atom stereocenters. The highest BCUT2D eigenvalue weighted by Gasteiger charge is 2.32. The summed E-state index contributed by atoms with van der Waals surface area (Å²) >= 11 is 6.34. The fourth-order valence-electron chi connectivity index (χ4n) is 3.84. The zero-order valence-corrected chi connectivity index (χ0v) is 23.4. The number of likely N-dealkylation sites (N-methyl/N-ethyl adjacent to an activating group) is 1. The summed E-state index contributed by atoms with van der Waals surface area (Å²) in [4.78, 5) is 27.6. The lowest BCUT2D eigenvalue weighted by atomic mass is 10.1. The van der Waals surface area contributed by atoms with Crippen molar-refractivity contribution in [3.8, 4) is 5.75 Å². The molecule has 0 saturated heterocycles. The van der Waals surface area contributed by atoms with E-state index in [9.17, 15) is 18.0 Å². The van der Waals surface area contributed by atoms with Crippen LogP contribution in [-0.2, 0) is 26.2 Å². The molecule has 0 radical (unpaired) electrons. The summed E-state index contributed by atoms with van der Waals surface area (Å²) in [7, 11) is -2.68. The van der Waals surface area contributed by atoms with E-state index >= 15 is 0 Å². The molecule has 0 aliphatic heterocycles. The van der Waals surface area contributed by atoms with E-state index in [-0.39, 0.29) is 17.3 Å². The van der Waals surface area contributed by atoms with Gasteiger partial charge in [0.25, 0.3) is 10.0 Å². The summed E-state index contributed by atoms with van der Waals surface area (Å²) in [5, 5.41) is 2.99. The van der Waals surface area contributed by atoms with Crippen LogP contribution in [0.2, 0.25) is 5.02 Å². The van der Waals surface area contributed by atoms with Crippen molar-refractivity contribution in [2.45, 2.75) is 38.3 Å². The second-order valence-electron chi connectivity index (χ2n) is 8.65. The van der Waals surface area contributed by atoms with Crippen LogP contribution in [0.15, 0.2) is 77.7 Å². The number of rotatable bonds is 11. The zero-order chi connectivity index (χ0) is 27.9. The Bertz CT molecular complexity index is 1360. The Morgan fingerprint density at radius 3 is 2.21 bits per heavy atom. The van der Waals surface area contributed by atoms with E-state index in [0.717, 1.165) is 9.87 Å². The first-order valence-electron chi connectivity index (χ1n) is 12.1. The van der Waals surface area contributed by atoms with Gasteiger partial charge in [0.1, 0.15) is 18.3 Å². The van der Waals surface area contributed by atoms with Crippen LogP contribution in [0.3, 0.4) is 0 Å². The smallest absolute Gasteiger partial charge is 0.264 e. The molecule has 0 aliphatic carbocycles. The topological polar surface area (TPSA) is 96.0 Å². The van der Waals surface area contributed by atoms with Crippen LogP contribution in [0, 0.1) is 6.92 Å². The lowest BCUT2D eigenvalue weighted by molar-refractivity contribution is -0.139. The molecule has 2 amide bonds. The molecule has 202 valence electrons. The van der Waals surface area contributed by atoms with E-state index in [4.69, 9.17) is 16.3 Å². The minimum absolute atomic E-state index is 0.00586. The number of hydrogen-bond acceptors (Lipinski definition) is 5. The number of nitrogens with one attached hydrogen (secondary N) is 1. The Labute approximate surface area is 229 Å². The summed E-state index contributed by atoms with van der Waals surface area (Å²) in [5.74, 6) is -0.410. The van der Waals surface area contributed by atoms with Crippen molar-refractivity contribution in [1.82, 2.24) is 10.2 Å². The van der Waals surface area contributed by atoms with E-state index < -0.39 is 28.5 Å². The van der Waals surface area contributed by atoms with E-state index in [0.29, 0.717) is 28.6 Å². The molecule has 0 aliphatic rings. The van der Waals surface area contributed by atoms with Gasteiger partial charge in [-0.15, -0.1) is 0 Å². The van der Waals surface area contributed by atoms with Crippen molar-refractivity contribution >= 4 is 39.1 Å². The maximum atomic E-state index is 13.8. The molecule has 0 heterocycles. The maximum Gasteiger partial charge on any atom is 0.264 e. The molecular weight excluding hydrogens is 526 g/mol. The lowest BCUT2D eigenvalue weighted by Gasteiger charge is -2.32. The van der Waals surface area contributed by atoms with Gasteiger partial charge in [0, 0.05) is 18.6 Å². The monoisotopic (exact) mass is 557 g/mol. The van der Waals surface area contributed by atoms with Gasteiger partial charge in [0.15, 0.2) is 0 Å². The first-order valence-corrected chi connectivity index (χ1v) is 14.0. The number of benzene rings is 3. The van der Waals surface area contributed by atoms with Gasteiger partial charge in [-0.2, -0.15) is 0 Å². The Morgan fingerprint density at radius 2 is 1.63 bits per heavy atom. The molecule has 10 heteroatoms. The number of carbonyl (C=O) groups excluding carboxylic acids is 2. The van der Waals surface area contributed by atoms with Crippen LogP contribution in [0.4, 0.5) is 5.69 Å². The van der Waals surface area contributed by atoms with Gasteiger partial charge in [-0.1, -0.05) is 47.5 Å². The quantitative estimate of drug-likeness (QED) is 0.377. The first-order chi connectivity index (χ1) is 18.1. The fourth-order valence-corrected chi connectivity index (χ4v) is 5.45. The zero-order valence-electron chi connectivity index (χ0n) is 21.8. The number of anilines is 1. The number of hydrogen-bond donors (Lipinski definition) is 1. The van der Waals surface area contributed by atoms with Crippen molar-refractivity contribution in [2.75, 3.05) is 24.5 Å². The Morgan fingerprint density at radius 1 is 1.00 bits per heavy atom. The van der Waals surface area contributed by atoms with Gasteiger partial charge in [0.2, 0.25) is 11.8 Å². The number of carbonyl (C=O) groups is 2. The SMILES string of the molecule is CCOc1ccc(S(=O)(=O)N(CC(=O)N(Cc2ccccc2Cl)C(C)C(=O)NC)c2ccc(C)cc2)cc1. The minimum atomic E-state index is -4.16. The van der Waals surface area contributed by atoms with Crippen LogP contribution in [0.5, 0.6) is 5.75 Å². The predicted molar refractivity (Wildman–Crippen MR) is 149 cm³/mol. The minimum Gasteiger partial charge on any atom is -0.494 e. The van der Waals surface area contributed by atoms with Crippen molar-refractivity contribution in [2.24, 2.45) is 0 Å². The largest absolute Gasteiger partial charge is 0.494 e. The number of aryl methyl sites for hydroxylation is 1. The number of ether oxygens (including phenoxy) is 1. The molecule has 3 aromatic rings. The van der Waals surface area contributed by atoms with Crippen molar-refractivity contribution in [3.05, 3.63) is 88.9 Å². The summed E-state index contributed by atoms with van der Waals surface area (Å²) in [6.45, 7) is 5.26. The Kier molecular flexibility index (Phi) is 9.77. The number of sulfonamides is 1. The van der Waals surface area contributed by atoms with Crippen LogP contribution in [0.1, 0.15) is 25.0 Å². The lowest BCUT2D eigenvalue weighted by Crippen LogP contribution is -2.50. The molecule has 0 fully saturated rings. The normalized spacial score (nSPS) is 11.9. The highest BCUT2D eigenvalue weighted by Crippen LogP contribution is 2.27. The van der Waals surface area contributed by atoms with Crippen LogP contribution in [0.25, 0.3) is 0 Å². The van der Waals surface area contributed by atoms with Crippen molar-refractivity contribution in [1.29, 1.82) is 0 Å². The van der Waals surface area contributed by atoms with E-state index in [1.807, 2.05) is 13.8 Å². The molecule has 0 aromatic heterocycles. The molecule has 1 atom stereocenters. The van der Waals surface area contributed by atoms with Crippen molar-refractivity contribution in [3.63, 3.8) is 0 Å². The van der Waals surface area contributed by atoms with Crippen molar-refractivity contribution < 1.29 is 22.7 Å². The Hall–Kier alpha value is -3.56.